The first-order valence-corrected chi connectivity index (χ1v) is 6.40. The van der Waals surface area contributed by atoms with Crippen LogP contribution < -0.4 is 10.5 Å². The second kappa shape index (κ2) is 4.63. The molecule has 1 aliphatic heterocycles. The third kappa shape index (κ3) is 1.98. The molecule has 0 saturated heterocycles. The molecule has 0 bridgehead atoms. The Kier molecular flexibility index (Phi) is 2.98. The van der Waals surface area contributed by atoms with Crippen LogP contribution in [0.5, 0.6) is 5.75 Å². The predicted molar refractivity (Wildman–Crippen MR) is 74.1 cm³/mol. The number of halogens is 1. The molecule has 1 heterocycles. The highest BCUT2D eigenvalue weighted by Gasteiger charge is 2.25. The van der Waals surface area contributed by atoms with E-state index in [1.165, 1.54) is 0 Å². The van der Waals surface area contributed by atoms with Crippen molar-refractivity contribution in [2.45, 2.75) is 12.5 Å². The van der Waals surface area contributed by atoms with Crippen molar-refractivity contribution in [2.75, 3.05) is 6.54 Å². The monoisotopic (exact) mass is 259 g/mol. The van der Waals surface area contributed by atoms with Crippen LogP contribution in [0.3, 0.4) is 0 Å². The number of nitrogens with two attached hydrogens (primary N) is 1. The molecule has 2 N–H and O–H groups in total. The Bertz CT molecular complexity index is 568. The average Bonchev–Trinajstić information content (AvgIpc) is 2.81. The minimum absolute atomic E-state index is 0.0703. The molecule has 0 aliphatic carbocycles. The van der Waals surface area contributed by atoms with E-state index in [2.05, 4.69) is 12.1 Å². The van der Waals surface area contributed by atoms with E-state index in [-0.39, 0.29) is 6.10 Å². The lowest BCUT2D eigenvalue weighted by molar-refractivity contribution is 0.242. The van der Waals surface area contributed by atoms with Crippen LogP contribution in [0.1, 0.15) is 5.56 Å². The largest absolute Gasteiger partial charge is 0.488 e. The van der Waals surface area contributed by atoms with Gasteiger partial charge in [-0.25, -0.2) is 0 Å². The molecule has 0 radical (unpaired) electrons. The van der Waals surface area contributed by atoms with Crippen LogP contribution in [0.15, 0.2) is 42.5 Å². The maximum Gasteiger partial charge on any atom is 0.131 e. The summed E-state index contributed by atoms with van der Waals surface area (Å²) in [5.41, 5.74) is 9.00. The van der Waals surface area contributed by atoms with E-state index in [0.717, 1.165) is 33.9 Å². The van der Waals surface area contributed by atoms with Crippen molar-refractivity contribution in [3.05, 3.63) is 53.1 Å². The quantitative estimate of drug-likeness (QED) is 0.898. The molecule has 3 heteroatoms. The third-order valence-electron chi connectivity index (χ3n) is 3.21. The summed E-state index contributed by atoms with van der Waals surface area (Å²) in [6, 6.07) is 14.1. The van der Waals surface area contributed by atoms with Gasteiger partial charge in [-0.05, 0) is 23.3 Å². The van der Waals surface area contributed by atoms with Gasteiger partial charge in [-0.15, -0.1) is 0 Å². The highest BCUT2D eigenvalue weighted by atomic mass is 35.5. The van der Waals surface area contributed by atoms with E-state index in [0.29, 0.717) is 6.54 Å². The maximum atomic E-state index is 6.18. The molecule has 2 aromatic carbocycles. The van der Waals surface area contributed by atoms with E-state index in [1.807, 2.05) is 30.3 Å². The van der Waals surface area contributed by atoms with Crippen molar-refractivity contribution < 1.29 is 4.74 Å². The highest BCUT2D eigenvalue weighted by molar-refractivity contribution is 6.31. The minimum Gasteiger partial charge on any atom is -0.488 e. The van der Waals surface area contributed by atoms with Gasteiger partial charge in [0, 0.05) is 23.6 Å². The fraction of sp³-hybridized carbons (Fsp3) is 0.200. The zero-order chi connectivity index (χ0) is 12.5. The van der Waals surface area contributed by atoms with E-state index in [9.17, 15) is 0 Å². The predicted octanol–water partition coefficient (Wildman–Crippen LogP) is 3.27. The molecule has 0 spiro atoms. The molecule has 0 fully saturated rings. The SMILES string of the molecule is NC[C@H]1Cc2cc(Cl)cc(-c3ccccc3)c2O1. The summed E-state index contributed by atoms with van der Waals surface area (Å²) < 4.78 is 5.91. The van der Waals surface area contributed by atoms with E-state index in [4.69, 9.17) is 22.1 Å². The van der Waals surface area contributed by atoms with Gasteiger partial charge in [0.05, 0.1) is 0 Å². The van der Waals surface area contributed by atoms with Gasteiger partial charge in [-0.3, -0.25) is 0 Å². The molecule has 2 aromatic rings. The highest BCUT2D eigenvalue weighted by Crippen LogP contribution is 2.40. The van der Waals surface area contributed by atoms with Crippen LogP contribution in [0, 0.1) is 0 Å². The van der Waals surface area contributed by atoms with Gasteiger partial charge in [0.1, 0.15) is 11.9 Å². The molecule has 1 aliphatic rings. The van der Waals surface area contributed by atoms with Crippen molar-refractivity contribution in [1.29, 1.82) is 0 Å². The van der Waals surface area contributed by atoms with Crippen molar-refractivity contribution in [3.8, 4) is 16.9 Å². The lowest BCUT2D eigenvalue weighted by Gasteiger charge is -2.11. The van der Waals surface area contributed by atoms with Crippen LogP contribution in [0.2, 0.25) is 5.02 Å². The number of ether oxygens (including phenoxy) is 1. The number of fused-ring (bicyclic) bond motifs is 1. The Morgan fingerprint density at radius 3 is 2.72 bits per heavy atom. The molecule has 3 rings (SSSR count). The van der Waals surface area contributed by atoms with E-state index >= 15 is 0 Å². The first-order valence-electron chi connectivity index (χ1n) is 6.02. The van der Waals surface area contributed by atoms with E-state index in [1.54, 1.807) is 0 Å². The lowest BCUT2D eigenvalue weighted by Crippen LogP contribution is -2.24. The van der Waals surface area contributed by atoms with Gasteiger partial charge < -0.3 is 10.5 Å². The summed E-state index contributed by atoms with van der Waals surface area (Å²) in [7, 11) is 0. The first kappa shape index (κ1) is 11.6. The zero-order valence-electron chi connectivity index (χ0n) is 9.90. The Morgan fingerprint density at radius 1 is 1.22 bits per heavy atom. The number of rotatable bonds is 2. The molecule has 0 aromatic heterocycles. The summed E-state index contributed by atoms with van der Waals surface area (Å²) in [6.45, 7) is 0.528. The van der Waals surface area contributed by atoms with Crippen molar-refractivity contribution in [3.63, 3.8) is 0 Å². The number of benzene rings is 2. The first-order chi connectivity index (χ1) is 8.78. The number of hydrogen-bond acceptors (Lipinski definition) is 2. The average molecular weight is 260 g/mol. The van der Waals surface area contributed by atoms with Crippen molar-refractivity contribution in [2.24, 2.45) is 5.73 Å². The van der Waals surface area contributed by atoms with Crippen LogP contribution in [-0.2, 0) is 6.42 Å². The Labute approximate surface area is 111 Å². The molecular formula is C15H14ClNO. The van der Waals surface area contributed by atoms with Gasteiger partial charge in [-0.1, -0.05) is 41.9 Å². The Morgan fingerprint density at radius 2 is 2.00 bits per heavy atom. The van der Waals surface area contributed by atoms with Crippen LogP contribution >= 0.6 is 11.6 Å². The van der Waals surface area contributed by atoms with Crippen molar-refractivity contribution >= 4 is 11.6 Å². The maximum absolute atomic E-state index is 6.18. The van der Waals surface area contributed by atoms with Gasteiger partial charge in [0.25, 0.3) is 0 Å². The molecule has 0 saturated carbocycles. The van der Waals surface area contributed by atoms with Crippen LogP contribution in [0.25, 0.3) is 11.1 Å². The molecule has 0 unspecified atom stereocenters. The fourth-order valence-corrected chi connectivity index (χ4v) is 2.60. The molecule has 1 atom stereocenters. The standard InChI is InChI=1S/C15H14ClNO/c16-12-6-11-7-13(9-17)18-15(11)14(8-12)10-4-2-1-3-5-10/h1-6,8,13H,7,9,17H2/t13-/m1/s1. The molecule has 92 valence electrons. The van der Waals surface area contributed by atoms with Crippen LogP contribution in [-0.4, -0.2) is 12.6 Å². The second-order valence-corrected chi connectivity index (χ2v) is 4.92. The summed E-state index contributed by atoms with van der Waals surface area (Å²) >= 11 is 6.18. The van der Waals surface area contributed by atoms with Gasteiger partial charge in [-0.2, -0.15) is 0 Å². The molecule has 2 nitrogen and oxygen atoms in total. The summed E-state index contributed by atoms with van der Waals surface area (Å²) in [4.78, 5) is 0. The normalized spacial score (nSPS) is 17.3. The third-order valence-corrected chi connectivity index (χ3v) is 3.43. The minimum atomic E-state index is 0.0703. The van der Waals surface area contributed by atoms with Gasteiger partial charge in [0.15, 0.2) is 0 Å². The summed E-state index contributed by atoms with van der Waals surface area (Å²) in [5, 5.41) is 0.744. The zero-order valence-corrected chi connectivity index (χ0v) is 10.7. The summed E-state index contributed by atoms with van der Waals surface area (Å²) in [6.07, 6.45) is 0.910. The van der Waals surface area contributed by atoms with Crippen LogP contribution in [0.4, 0.5) is 0 Å². The summed E-state index contributed by atoms with van der Waals surface area (Å²) in [5.74, 6) is 0.932. The van der Waals surface area contributed by atoms with Gasteiger partial charge >= 0.3 is 0 Å². The molecule has 0 amide bonds. The Hall–Kier alpha value is -1.51. The lowest BCUT2D eigenvalue weighted by atomic mass is 10.0. The smallest absolute Gasteiger partial charge is 0.131 e. The molecular weight excluding hydrogens is 246 g/mol. The fourth-order valence-electron chi connectivity index (χ4n) is 2.36. The molecule has 18 heavy (non-hydrogen) atoms. The Balaban J connectivity index is 2.12. The van der Waals surface area contributed by atoms with Gasteiger partial charge in [0.2, 0.25) is 0 Å². The number of hydrogen-bond donors (Lipinski definition) is 1. The topological polar surface area (TPSA) is 35.2 Å². The van der Waals surface area contributed by atoms with E-state index < -0.39 is 0 Å². The second-order valence-electron chi connectivity index (χ2n) is 4.49. The van der Waals surface area contributed by atoms with Crippen molar-refractivity contribution in [1.82, 2.24) is 0 Å².